The van der Waals surface area contributed by atoms with Gasteiger partial charge in [-0.25, -0.2) is 0 Å². The third-order valence-electron chi connectivity index (χ3n) is 2.55. The van der Waals surface area contributed by atoms with Crippen molar-refractivity contribution < 1.29 is 4.79 Å². The molecular formula is C12H15BrN2OS. The van der Waals surface area contributed by atoms with Gasteiger partial charge in [0.15, 0.2) is 0 Å². The van der Waals surface area contributed by atoms with Gasteiger partial charge in [0.05, 0.1) is 10.5 Å². The van der Waals surface area contributed by atoms with Crippen LogP contribution in [0.25, 0.3) is 0 Å². The van der Waals surface area contributed by atoms with Gasteiger partial charge in [-0.15, -0.1) is 0 Å². The molecule has 1 rings (SSSR count). The largest absolute Gasteiger partial charge is 0.391 e. The number of nitrogens with one attached hydrogen (secondary N) is 1. The van der Waals surface area contributed by atoms with E-state index in [0.29, 0.717) is 5.56 Å². The van der Waals surface area contributed by atoms with Crippen LogP contribution >= 0.6 is 28.1 Å². The molecule has 0 fully saturated rings. The quantitative estimate of drug-likeness (QED) is 0.843. The van der Waals surface area contributed by atoms with Crippen molar-refractivity contribution >= 4 is 39.0 Å². The molecule has 0 atom stereocenters. The van der Waals surface area contributed by atoms with Crippen LogP contribution in [-0.2, 0) is 0 Å². The number of nitrogens with two attached hydrogens (primary N) is 1. The Balaban J connectivity index is 2.99. The van der Waals surface area contributed by atoms with E-state index in [1.54, 1.807) is 19.9 Å². The Morgan fingerprint density at radius 2 is 2.06 bits per heavy atom. The van der Waals surface area contributed by atoms with E-state index in [4.69, 9.17) is 18.0 Å². The average Bonchev–Trinajstić information content (AvgIpc) is 2.21. The van der Waals surface area contributed by atoms with Crippen LogP contribution in [0.5, 0.6) is 0 Å². The molecule has 17 heavy (non-hydrogen) atoms. The zero-order valence-corrected chi connectivity index (χ0v) is 12.4. The van der Waals surface area contributed by atoms with E-state index in [9.17, 15) is 4.79 Å². The number of thiocarbonyl (C=S) groups is 1. The van der Waals surface area contributed by atoms with Gasteiger partial charge >= 0.3 is 0 Å². The predicted octanol–water partition coefficient (Wildman–Crippen LogP) is 2.55. The van der Waals surface area contributed by atoms with Gasteiger partial charge in [-0.2, -0.15) is 0 Å². The number of benzene rings is 1. The Kier molecular flexibility index (Phi) is 4.27. The van der Waals surface area contributed by atoms with Gasteiger partial charge in [0.25, 0.3) is 5.91 Å². The van der Waals surface area contributed by atoms with Crippen molar-refractivity contribution in [1.29, 1.82) is 0 Å². The summed E-state index contributed by atoms with van der Waals surface area (Å²) in [5.74, 6) is -0.179. The maximum absolute atomic E-state index is 12.1. The van der Waals surface area contributed by atoms with Crippen molar-refractivity contribution in [2.24, 2.45) is 5.73 Å². The van der Waals surface area contributed by atoms with Crippen molar-refractivity contribution in [2.75, 3.05) is 0 Å². The third-order valence-corrected chi connectivity index (χ3v) is 3.92. The highest BCUT2D eigenvalue weighted by Crippen LogP contribution is 2.19. The molecule has 92 valence electrons. The molecule has 0 saturated carbocycles. The van der Waals surface area contributed by atoms with E-state index in [-0.39, 0.29) is 10.9 Å². The normalized spacial score (nSPS) is 11.1. The molecule has 1 aromatic carbocycles. The average molecular weight is 315 g/mol. The highest BCUT2D eigenvalue weighted by Gasteiger charge is 2.24. The fourth-order valence-corrected chi connectivity index (χ4v) is 1.68. The van der Waals surface area contributed by atoms with Gasteiger partial charge in [-0.05, 0) is 38.5 Å². The summed E-state index contributed by atoms with van der Waals surface area (Å²) in [6, 6.07) is 5.48. The lowest BCUT2D eigenvalue weighted by Crippen LogP contribution is -2.52. The summed E-state index contributed by atoms with van der Waals surface area (Å²) in [6.45, 7) is 5.44. The zero-order valence-electron chi connectivity index (χ0n) is 10.0. The minimum Gasteiger partial charge on any atom is -0.391 e. The first-order chi connectivity index (χ1) is 7.75. The maximum atomic E-state index is 12.1. The Labute approximate surface area is 115 Å². The molecule has 0 aliphatic heterocycles. The van der Waals surface area contributed by atoms with Crippen LogP contribution in [0.1, 0.15) is 29.8 Å². The second kappa shape index (κ2) is 5.14. The Hall–Kier alpha value is -0.940. The molecule has 0 spiro atoms. The van der Waals surface area contributed by atoms with Gasteiger partial charge in [-0.1, -0.05) is 34.2 Å². The van der Waals surface area contributed by atoms with Crippen LogP contribution < -0.4 is 11.1 Å². The molecule has 5 heteroatoms. The van der Waals surface area contributed by atoms with Gasteiger partial charge in [0, 0.05) is 10.0 Å². The number of carbonyl (C=O) groups is 1. The lowest BCUT2D eigenvalue weighted by molar-refractivity contribution is 0.0931. The topological polar surface area (TPSA) is 55.1 Å². The van der Waals surface area contributed by atoms with Crippen molar-refractivity contribution in [1.82, 2.24) is 5.32 Å². The van der Waals surface area contributed by atoms with Crippen LogP contribution in [0.4, 0.5) is 0 Å². The Bertz CT molecular complexity index is 472. The van der Waals surface area contributed by atoms with E-state index >= 15 is 0 Å². The van der Waals surface area contributed by atoms with E-state index in [1.165, 1.54) is 0 Å². The number of rotatable bonds is 3. The second-order valence-corrected chi connectivity index (χ2v) is 5.65. The monoisotopic (exact) mass is 314 g/mol. The Morgan fingerprint density at radius 3 is 2.59 bits per heavy atom. The maximum Gasteiger partial charge on any atom is 0.252 e. The van der Waals surface area contributed by atoms with Crippen molar-refractivity contribution in [3.05, 3.63) is 33.8 Å². The molecule has 0 aromatic heterocycles. The first kappa shape index (κ1) is 14.1. The number of carbonyl (C=O) groups excluding carboxylic acids is 1. The van der Waals surface area contributed by atoms with Crippen molar-refractivity contribution in [2.45, 2.75) is 26.3 Å². The zero-order chi connectivity index (χ0) is 13.2. The van der Waals surface area contributed by atoms with Gasteiger partial charge in [0.2, 0.25) is 0 Å². The molecule has 0 aliphatic rings. The molecule has 0 unspecified atom stereocenters. The van der Waals surface area contributed by atoms with Crippen molar-refractivity contribution in [3.63, 3.8) is 0 Å². The fraction of sp³-hybridized carbons (Fsp3) is 0.333. The number of hydrogen-bond acceptors (Lipinski definition) is 2. The number of halogens is 1. The number of amides is 1. The molecule has 0 bridgehead atoms. The summed E-state index contributed by atoms with van der Waals surface area (Å²) >= 11 is 8.30. The van der Waals surface area contributed by atoms with E-state index in [1.807, 2.05) is 19.1 Å². The first-order valence-electron chi connectivity index (χ1n) is 5.13. The van der Waals surface area contributed by atoms with E-state index in [2.05, 4.69) is 21.2 Å². The summed E-state index contributed by atoms with van der Waals surface area (Å²) in [6.07, 6.45) is 0. The predicted molar refractivity (Wildman–Crippen MR) is 77.2 cm³/mol. The van der Waals surface area contributed by atoms with E-state index in [0.717, 1.165) is 10.0 Å². The smallest absolute Gasteiger partial charge is 0.252 e. The van der Waals surface area contributed by atoms with Gasteiger partial charge in [0.1, 0.15) is 0 Å². The summed E-state index contributed by atoms with van der Waals surface area (Å²) in [5.41, 5.74) is 6.39. The molecule has 0 aliphatic carbocycles. The van der Waals surface area contributed by atoms with Crippen LogP contribution in [0, 0.1) is 6.92 Å². The molecule has 0 heterocycles. The lowest BCUT2D eigenvalue weighted by atomic mass is 10.0. The summed E-state index contributed by atoms with van der Waals surface area (Å²) < 4.78 is 0.901. The SMILES string of the molecule is Cc1c(Br)cccc1C(=O)NC(C)(C)C(N)=S. The summed E-state index contributed by atoms with van der Waals surface area (Å²) in [5, 5.41) is 2.81. The molecule has 1 amide bonds. The van der Waals surface area contributed by atoms with Crippen LogP contribution in [0.2, 0.25) is 0 Å². The molecule has 1 aromatic rings. The van der Waals surface area contributed by atoms with Crippen LogP contribution in [0.3, 0.4) is 0 Å². The van der Waals surface area contributed by atoms with Crippen LogP contribution in [-0.4, -0.2) is 16.4 Å². The molecule has 3 N–H and O–H groups in total. The molecule has 3 nitrogen and oxygen atoms in total. The lowest BCUT2D eigenvalue weighted by Gasteiger charge is -2.25. The Morgan fingerprint density at radius 1 is 1.47 bits per heavy atom. The minimum absolute atomic E-state index is 0.179. The summed E-state index contributed by atoms with van der Waals surface area (Å²) in [7, 11) is 0. The minimum atomic E-state index is -0.693. The summed E-state index contributed by atoms with van der Waals surface area (Å²) in [4.78, 5) is 12.4. The first-order valence-corrected chi connectivity index (χ1v) is 6.33. The number of hydrogen-bond donors (Lipinski definition) is 2. The molecule has 0 saturated heterocycles. The standard InChI is InChI=1S/C12H15BrN2OS/c1-7-8(5-4-6-9(7)13)10(16)15-12(2,3)11(14)17/h4-6H,1-3H3,(H2,14,17)(H,15,16). The molecule has 0 radical (unpaired) electrons. The van der Waals surface area contributed by atoms with Gasteiger partial charge < -0.3 is 11.1 Å². The van der Waals surface area contributed by atoms with Gasteiger partial charge in [-0.3, -0.25) is 4.79 Å². The highest BCUT2D eigenvalue weighted by atomic mass is 79.9. The third kappa shape index (κ3) is 3.26. The van der Waals surface area contributed by atoms with Crippen LogP contribution in [0.15, 0.2) is 22.7 Å². The fourth-order valence-electron chi connectivity index (χ4n) is 1.27. The van der Waals surface area contributed by atoms with E-state index < -0.39 is 5.54 Å². The highest BCUT2D eigenvalue weighted by molar-refractivity contribution is 9.10. The molecular weight excluding hydrogens is 300 g/mol. The second-order valence-electron chi connectivity index (χ2n) is 4.36. The van der Waals surface area contributed by atoms with Crippen molar-refractivity contribution in [3.8, 4) is 0 Å².